The van der Waals surface area contributed by atoms with E-state index < -0.39 is 6.03 Å². The van der Waals surface area contributed by atoms with E-state index in [0.717, 1.165) is 11.1 Å². The lowest BCUT2D eigenvalue weighted by Gasteiger charge is -2.45. The molecule has 26 heavy (non-hydrogen) atoms. The van der Waals surface area contributed by atoms with E-state index in [1.807, 2.05) is 55.1 Å². The van der Waals surface area contributed by atoms with E-state index in [4.69, 9.17) is 5.73 Å². The standard InChI is InChI=1S/C21H25N3O2/c1-15(2)23-13-18(24(21(22)26)14-19(23)25)20(16-9-5-3-6-10-16)17-11-7-4-8-12-17/h3-12,15,18,20H,13-14H2,1-2H3,(H2,22,26)/t18-/m1/s1. The number of carbonyl (C=O) groups is 2. The second-order valence-corrected chi connectivity index (χ2v) is 6.97. The first-order valence-electron chi connectivity index (χ1n) is 8.94. The van der Waals surface area contributed by atoms with Gasteiger partial charge < -0.3 is 15.5 Å². The highest BCUT2D eigenvalue weighted by molar-refractivity contribution is 5.85. The molecule has 0 aliphatic carbocycles. The number of hydrogen-bond acceptors (Lipinski definition) is 2. The van der Waals surface area contributed by atoms with Crippen molar-refractivity contribution in [3.05, 3.63) is 71.8 Å². The molecular weight excluding hydrogens is 326 g/mol. The summed E-state index contributed by atoms with van der Waals surface area (Å²) in [6.07, 6.45) is 0. The highest BCUT2D eigenvalue weighted by atomic mass is 16.2. The molecule has 0 unspecified atom stereocenters. The van der Waals surface area contributed by atoms with Crippen molar-refractivity contribution in [2.24, 2.45) is 5.73 Å². The summed E-state index contributed by atoms with van der Waals surface area (Å²) in [5.41, 5.74) is 7.86. The van der Waals surface area contributed by atoms with Gasteiger partial charge in [-0.25, -0.2) is 4.79 Å². The van der Waals surface area contributed by atoms with Crippen molar-refractivity contribution >= 4 is 11.9 Å². The number of benzene rings is 2. The molecule has 2 aromatic carbocycles. The molecule has 1 heterocycles. The zero-order valence-electron chi connectivity index (χ0n) is 15.2. The highest BCUT2D eigenvalue weighted by Gasteiger charge is 2.40. The van der Waals surface area contributed by atoms with Gasteiger partial charge in [-0.3, -0.25) is 4.79 Å². The van der Waals surface area contributed by atoms with E-state index in [1.54, 1.807) is 0 Å². The van der Waals surface area contributed by atoms with Crippen LogP contribution in [0.25, 0.3) is 0 Å². The molecule has 1 fully saturated rings. The van der Waals surface area contributed by atoms with Crippen molar-refractivity contribution in [2.45, 2.75) is 31.8 Å². The number of urea groups is 1. The number of nitrogens with zero attached hydrogens (tertiary/aromatic N) is 2. The SMILES string of the molecule is CC(C)N1C[C@H](C(c2ccccc2)c2ccccc2)N(C(N)=O)CC1=O. The van der Waals surface area contributed by atoms with Crippen LogP contribution in [0.1, 0.15) is 30.9 Å². The van der Waals surface area contributed by atoms with Crippen LogP contribution in [0.4, 0.5) is 4.79 Å². The van der Waals surface area contributed by atoms with Crippen LogP contribution in [0.3, 0.4) is 0 Å². The van der Waals surface area contributed by atoms with Crippen LogP contribution in [-0.2, 0) is 4.79 Å². The quantitative estimate of drug-likeness (QED) is 0.920. The second-order valence-electron chi connectivity index (χ2n) is 6.97. The van der Waals surface area contributed by atoms with Crippen molar-refractivity contribution in [3.8, 4) is 0 Å². The summed E-state index contributed by atoms with van der Waals surface area (Å²) in [4.78, 5) is 28.0. The minimum Gasteiger partial charge on any atom is -0.351 e. The molecule has 1 saturated heterocycles. The van der Waals surface area contributed by atoms with Gasteiger partial charge in [0, 0.05) is 18.5 Å². The first-order valence-corrected chi connectivity index (χ1v) is 8.94. The van der Waals surface area contributed by atoms with E-state index in [9.17, 15) is 9.59 Å². The van der Waals surface area contributed by atoms with Crippen molar-refractivity contribution < 1.29 is 9.59 Å². The Hall–Kier alpha value is -2.82. The van der Waals surface area contributed by atoms with Crippen LogP contribution in [0.2, 0.25) is 0 Å². The minimum absolute atomic E-state index is 0.0222. The van der Waals surface area contributed by atoms with Crippen LogP contribution < -0.4 is 5.73 Å². The van der Waals surface area contributed by atoms with Crippen LogP contribution in [0.15, 0.2) is 60.7 Å². The van der Waals surface area contributed by atoms with Crippen molar-refractivity contribution in [2.75, 3.05) is 13.1 Å². The maximum absolute atomic E-state index is 12.5. The summed E-state index contributed by atoms with van der Waals surface area (Å²) in [7, 11) is 0. The number of carbonyl (C=O) groups excluding carboxylic acids is 2. The topological polar surface area (TPSA) is 66.6 Å². The Morgan fingerprint density at radius 3 is 1.92 bits per heavy atom. The predicted octanol–water partition coefficient (Wildman–Crippen LogP) is 2.82. The van der Waals surface area contributed by atoms with E-state index >= 15 is 0 Å². The molecule has 0 bridgehead atoms. The fourth-order valence-corrected chi connectivity index (χ4v) is 3.74. The van der Waals surface area contributed by atoms with E-state index in [2.05, 4.69) is 24.3 Å². The molecule has 1 aliphatic rings. The molecule has 0 aromatic heterocycles. The van der Waals surface area contributed by atoms with Gasteiger partial charge in [-0.1, -0.05) is 60.7 Å². The summed E-state index contributed by atoms with van der Waals surface area (Å²) in [6.45, 7) is 4.48. The predicted molar refractivity (Wildman–Crippen MR) is 102 cm³/mol. The minimum atomic E-state index is -0.552. The summed E-state index contributed by atoms with van der Waals surface area (Å²) >= 11 is 0. The normalized spacial score (nSPS) is 17.8. The zero-order chi connectivity index (χ0) is 18.7. The lowest BCUT2D eigenvalue weighted by molar-refractivity contribution is -0.139. The second kappa shape index (κ2) is 7.60. The molecule has 5 nitrogen and oxygen atoms in total. The maximum atomic E-state index is 12.5. The smallest absolute Gasteiger partial charge is 0.315 e. The largest absolute Gasteiger partial charge is 0.351 e. The first kappa shape index (κ1) is 18.0. The van der Waals surface area contributed by atoms with Crippen molar-refractivity contribution in [1.82, 2.24) is 9.80 Å². The maximum Gasteiger partial charge on any atom is 0.315 e. The summed E-state index contributed by atoms with van der Waals surface area (Å²) in [5.74, 6) is -0.117. The number of nitrogens with two attached hydrogens (primary N) is 1. The first-order chi connectivity index (χ1) is 12.5. The number of hydrogen-bond donors (Lipinski definition) is 1. The van der Waals surface area contributed by atoms with Crippen LogP contribution in [0, 0.1) is 0 Å². The molecule has 3 rings (SSSR count). The molecule has 1 aliphatic heterocycles. The monoisotopic (exact) mass is 351 g/mol. The van der Waals surface area contributed by atoms with Gasteiger partial charge in [0.1, 0.15) is 6.54 Å². The van der Waals surface area contributed by atoms with Crippen molar-refractivity contribution in [3.63, 3.8) is 0 Å². The van der Waals surface area contributed by atoms with Gasteiger partial charge in [-0.2, -0.15) is 0 Å². The average molecular weight is 351 g/mol. The fourth-order valence-electron chi connectivity index (χ4n) is 3.74. The Morgan fingerprint density at radius 1 is 1.00 bits per heavy atom. The van der Waals surface area contributed by atoms with Gasteiger partial charge >= 0.3 is 6.03 Å². The highest BCUT2D eigenvalue weighted by Crippen LogP contribution is 2.33. The van der Waals surface area contributed by atoms with Gasteiger partial charge in [-0.15, -0.1) is 0 Å². The molecular formula is C21H25N3O2. The molecule has 3 amide bonds. The summed E-state index contributed by atoms with van der Waals surface area (Å²) in [5, 5.41) is 0. The van der Waals surface area contributed by atoms with Crippen molar-refractivity contribution in [1.29, 1.82) is 0 Å². The number of primary amides is 1. The Balaban J connectivity index is 2.07. The molecule has 0 saturated carbocycles. The Kier molecular flexibility index (Phi) is 5.26. The molecule has 2 aromatic rings. The molecule has 2 N–H and O–H groups in total. The van der Waals surface area contributed by atoms with Gasteiger partial charge in [0.2, 0.25) is 5.91 Å². The summed E-state index contributed by atoms with van der Waals surface area (Å²) in [6, 6.07) is 19.5. The average Bonchev–Trinajstić information content (AvgIpc) is 2.64. The molecule has 136 valence electrons. The van der Waals surface area contributed by atoms with Crippen LogP contribution >= 0.6 is 0 Å². The Morgan fingerprint density at radius 2 is 1.50 bits per heavy atom. The number of rotatable bonds is 4. The lowest BCUT2D eigenvalue weighted by atomic mass is 9.83. The van der Waals surface area contributed by atoms with E-state index in [0.29, 0.717) is 6.54 Å². The van der Waals surface area contributed by atoms with Gasteiger partial charge in [0.05, 0.1) is 6.04 Å². The van der Waals surface area contributed by atoms with Gasteiger partial charge in [-0.05, 0) is 25.0 Å². The number of piperazine rings is 1. The Labute approximate surface area is 154 Å². The third-order valence-corrected chi connectivity index (χ3v) is 5.02. The molecule has 0 radical (unpaired) electrons. The number of amides is 3. The molecule has 0 spiro atoms. The van der Waals surface area contributed by atoms with Gasteiger partial charge in [0.25, 0.3) is 0 Å². The van der Waals surface area contributed by atoms with Gasteiger partial charge in [0.15, 0.2) is 0 Å². The Bertz CT molecular complexity index is 722. The molecule has 5 heteroatoms. The van der Waals surface area contributed by atoms with Crippen LogP contribution in [-0.4, -0.2) is 46.9 Å². The zero-order valence-corrected chi connectivity index (χ0v) is 15.2. The fraction of sp³-hybridized carbons (Fsp3) is 0.333. The molecule has 1 atom stereocenters. The lowest BCUT2D eigenvalue weighted by Crippen LogP contribution is -2.62. The van der Waals surface area contributed by atoms with E-state index in [1.165, 1.54) is 4.90 Å². The van der Waals surface area contributed by atoms with E-state index in [-0.39, 0.29) is 30.5 Å². The third-order valence-electron chi connectivity index (χ3n) is 5.02. The third kappa shape index (κ3) is 3.57. The summed E-state index contributed by atoms with van der Waals surface area (Å²) < 4.78 is 0. The van der Waals surface area contributed by atoms with Crippen LogP contribution in [0.5, 0.6) is 0 Å².